The molecule has 2 nitrogen and oxygen atoms in total. The third kappa shape index (κ3) is 4.51. The summed E-state index contributed by atoms with van der Waals surface area (Å²) in [5.74, 6) is 0. The molecule has 21 heavy (non-hydrogen) atoms. The highest BCUT2D eigenvalue weighted by atomic mass is 35.5. The van der Waals surface area contributed by atoms with Crippen molar-refractivity contribution in [2.75, 3.05) is 0 Å². The van der Waals surface area contributed by atoms with E-state index in [9.17, 15) is 0 Å². The van der Waals surface area contributed by atoms with Crippen molar-refractivity contribution in [3.05, 3.63) is 56.7 Å². The number of rotatable bonds is 6. The topological polar surface area (TPSA) is 29.3 Å². The molecular formula is C16H19ClN2S2. The summed E-state index contributed by atoms with van der Waals surface area (Å²) >= 11 is 13.1. The maximum atomic E-state index is 6.36. The Hall–Kier alpha value is -0.940. The van der Waals surface area contributed by atoms with Gasteiger partial charge in [0.1, 0.15) is 4.99 Å². The predicted molar refractivity (Wildman–Crippen MR) is 96.0 cm³/mol. The van der Waals surface area contributed by atoms with Crippen LogP contribution in [0.4, 0.5) is 0 Å². The Morgan fingerprint density at radius 1 is 1.33 bits per heavy atom. The Kier molecular flexibility index (Phi) is 5.76. The monoisotopic (exact) mass is 338 g/mol. The van der Waals surface area contributed by atoms with Gasteiger partial charge in [-0.25, -0.2) is 0 Å². The van der Waals surface area contributed by atoms with E-state index in [-0.39, 0.29) is 0 Å². The number of halogens is 1. The average Bonchev–Trinajstić information content (AvgIpc) is 2.92. The first-order chi connectivity index (χ1) is 9.97. The fourth-order valence-corrected chi connectivity index (χ4v) is 3.17. The van der Waals surface area contributed by atoms with E-state index in [4.69, 9.17) is 29.6 Å². The zero-order chi connectivity index (χ0) is 15.4. The lowest BCUT2D eigenvalue weighted by molar-refractivity contribution is 0.205. The van der Waals surface area contributed by atoms with Crippen molar-refractivity contribution in [1.82, 2.24) is 4.90 Å². The third-order valence-corrected chi connectivity index (χ3v) is 4.83. The molecule has 1 heterocycles. The molecule has 1 aromatic carbocycles. The second kappa shape index (κ2) is 7.36. The van der Waals surface area contributed by atoms with E-state index < -0.39 is 0 Å². The van der Waals surface area contributed by atoms with Crippen LogP contribution < -0.4 is 5.73 Å². The molecule has 0 aliphatic heterocycles. The minimum absolute atomic E-state index is 0.378. The lowest BCUT2D eigenvalue weighted by Gasteiger charge is -2.26. The van der Waals surface area contributed by atoms with Crippen molar-refractivity contribution in [2.24, 2.45) is 5.73 Å². The van der Waals surface area contributed by atoms with Gasteiger partial charge in [-0.3, -0.25) is 4.90 Å². The number of thiocarbonyl (C=S) groups is 1. The van der Waals surface area contributed by atoms with Gasteiger partial charge in [0.2, 0.25) is 0 Å². The smallest absolute Gasteiger partial charge is 0.104 e. The standard InChI is InChI=1S/C16H19ClN2S2/c1-11(2)19(10-14-4-3-7-21-14)9-13-6-5-12(16(18)20)8-15(13)17/h3-8,11H,9-10H2,1-2H3,(H2,18,20). The number of benzene rings is 1. The van der Waals surface area contributed by atoms with Gasteiger partial charge in [-0.2, -0.15) is 0 Å². The van der Waals surface area contributed by atoms with Crippen molar-refractivity contribution >= 4 is 40.1 Å². The minimum Gasteiger partial charge on any atom is -0.389 e. The average molecular weight is 339 g/mol. The zero-order valence-electron chi connectivity index (χ0n) is 12.2. The molecule has 0 spiro atoms. The van der Waals surface area contributed by atoms with Crippen LogP contribution in [0, 0.1) is 0 Å². The number of hydrogen-bond acceptors (Lipinski definition) is 3. The Morgan fingerprint density at radius 2 is 2.10 bits per heavy atom. The fourth-order valence-electron chi connectivity index (χ4n) is 2.07. The van der Waals surface area contributed by atoms with Crippen molar-refractivity contribution in [1.29, 1.82) is 0 Å². The van der Waals surface area contributed by atoms with E-state index in [1.807, 2.05) is 18.2 Å². The normalized spacial score (nSPS) is 11.3. The molecule has 0 saturated heterocycles. The summed E-state index contributed by atoms with van der Waals surface area (Å²) in [6, 6.07) is 10.5. The molecule has 2 rings (SSSR count). The highest BCUT2D eigenvalue weighted by molar-refractivity contribution is 7.80. The van der Waals surface area contributed by atoms with Crippen LogP contribution in [0.15, 0.2) is 35.7 Å². The van der Waals surface area contributed by atoms with Gasteiger partial charge in [0.25, 0.3) is 0 Å². The molecule has 0 fully saturated rings. The molecule has 0 saturated carbocycles. The van der Waals surface area contributed by atoms with Gasteiger partial charge in [-0.1, -0.05) is 42.0 Å². The van der Waals surface area contributed by atoms with Crippen LogP contribution in [-0.2, 0) is 13.1 Å². The molecular weight excluding hydrogens is 320 g/mol. The van der Waals surface area contributed by atoms with Crippen LogP contribution in [0.5, 0.6) is 0 Å². The first kappa shape index (κ1) is 16.4. The second-order valence-corrected chi connectivity index (χ2v) is 7.13. The van der Waals surface area contributed by atoms with Gasteiger partial charge in [-0.15, -0.1) is 11.3 Å². The van der Waals surface area contributed by atoms with E-state index in [2.05, 4.69) is 36.3 Å². The van der Waals surface area contributed by atoms with Crippen LogP contribution in [0.25, 0.3) is 0 Å². The lowest BCUT2D eigenvalue weighted by Crippen LogP contribution is -2.29. The highest BCUT2D eigenvalue weighted by Crippen LogP contribution is 2.22. The summed E-state index contributed by atoms with van der Waals surface area (Å²) in [6.07, 6.45) is 0. The molecule has 0 unspecified atom stereocenters. The van der Waals surface area contributed by atoms with Gasteiger partial charge in [-0.05, 0) is 36.9 Å². The molecule has 112 valence electrons. The Labute approximate surface area is 140 Å². The predicted octanol–water partition coefficient (Wildman–Crippen LogP) is 4.45. The van der Waals surface area contributed by atoms with Gasteiger partial charge < -0.3 is 5.73 Å². The van der Waals surface area contributed by atoms with Crippen molar-refractivity contribution in [2.45, 2.75) is 33.0 Å². The summed E-state index contributed by atoms with van der Waals surface area (Å²) in [4.78, 5) is 4.13. The molecule has 0 radical (unpaired) electrons. The molecule has 0 amide bonds. The Balaban J connectivity index is 2.15. The van der Waals surface area contributed by atoms with Crippen molar-refractivity contribution in [3.8, 4) is 0 Å². The number of hydrogen-bond donors (Lipinski definition) is 1. The highest BCUT2D eigenvalue weighted by Gasteiger charge is 2.14. The summed E-state index contributed by atoms with van der Waals surface area (Å²) in [5, 5.41) is 2.83. The first-order valence-corrected chi connectivity index (χ1v) is 8.48. The van der Waals surface area contributed by atoms with E-state index >= 15 is 0 Å². The summed E-state index contributed by atoms with van der Waals surface area (Å²) < 4.78 is 0. The van der Waals surface area contributed by atoms with E-state index in [1.165, 1.54) is 4.88 Å². The van der Waals surface area contributed by atoms with Gasteiger partial charge in [0, 0.05) is 34.6 Å². The summed E-state index contributed by atoms with van der Waals surface area (Å²) in [5.41, 5.74) is 7.55. The van der Waals surface area contributed by atoms with Gasteiger partial charge in [0.05, 0.1) is 0 Å². The molecule has 2 aromatic rings. The van der Waals surface area contributed by atoms with Gasteiger partial charge in [0.15, 0.2) is 0 Å². The van der Waals surface area contributed by atoms with Crippen LogP contribution in [0.3, 0.4) is 0 Å². The molecule has 0 aliphatic rings. The SMILES string of the molecule is CC(C)N(Cc1cccs1)Cc1ccc(C(N)=S)cc1Cl. The number of nitrogens with two attached hydrogens (primary N) is 1. The lowest BCUT2D eigenvalue weighted by atomic mass is 10.1. The van der Waals surface area contributed by atoms with Crippen molar-refractivity contribution < 1.29 is 0 Å². The first-order valence-electron chi connectivity index (χ1n) is 6.82. The maximum Gasteiger partial charge on any atom is 0.104 e. The summed E-state index contributed by atoms with van der Waals surface area (Å²) in [6.45, 7) is 6.14. The van der Waals surface area contributed by atoms with Crippen molar-refractivity contribution in [3.63, 3.8) is 0 Å². The van der Waals surface area contributed by atoms with Crippen LogP contribution in [0.2, 0.25) is 5.02 Å². The number of nitrogens with zero attached hydrogens (tertiary/aromatic N) is 1. The maximum absolute atomic E-state index is 6.36. The van der Waals surface area contributed by atoms with E-state index in [1.54, 1.807) is 11.3 Å². The molecule has 1 aromatic heterocycles. The summed E-state index contributed by atoms with van der Waals surface area (Å²) in [7, 11) is 0. The third-order valence-electron chi connectivity index (χ3n) is 3.38. The van der Waals surface area contributed by atoms with Crippen LogP contribution >= 0.6 is 35.2 Å². The molecule has 0 bridgehead atoms. The Bertz CT molecular complexity index is 609. The largest absolute Gasteiger partial charge is 0.389 e. The molecule has 0 atom stereocenters. The van der Waals surface area contributed by atoms with Crippen LogP contribution in [0.1, 0.15) is 29.9 Å². The van der Waals surface area contributed by atoms with Gasteiger partial charge >= 0.3 is 0 Å². The Morgan fingerprint density at radius 3 is 2.62 bits per heavy atom. The van der Waals surface area contributed by atoms with Crippen LogP contribution in [-0.4, -0.2) is 15.9 Å². The number of thiophene rings is 1. The molecule has 2 N–H and O–H groups in total. The van der Waals surface area contributed by atoms with E-state index in [0.29, 0.717) is 11.0 Å². The van der Waals surface area contributed by atoms with E-state index in [0.717, 1.165) is 29.2 Å². The fraction of sp³-hybridized carbons (Fsp3) is 0.312. The second-order valence-electron chi connectivity index (χ2n) is 5.25. The molecule has 0 aliphatic carbocycles. The minimum atomic E-state index is 0.378. The molecule has 5 heteroatoms. The zero-order valence-corrected chi connectivity index (χ0v) is 14.6. The quantitative estimate of drug-likeness (QED) is 0.789.